The van der Waals surface area contributed by atoms with Gasteiger partial charge in [-0.15, -0.1) is 10.2 Å². The molecule has 0 atom stereocenters. The molecule has 2 amide bonds. The molecule has 2 aromatic rings. The SMILES string of the molecule is CCCc1nnc(NC(=O)Nc2ccc(Br)cc2)s1. The van der Waals surface area contributed by atoms with Crippen LogP contribution < -0.4 is 10.6 Å². The van der Waals surface area contributed by atoms with E-state index in [1.54, 1.807) is 0 Å². The van der Waals surface area contributed by atoms with E-state index in [4.69, 9.17) is 0 Å². The molecule has 0 aliphatic carbocycles. The van der Waals surface area contributed by atoms with Gasteiger partial charge in [0.05, 0.1) is 0 Å². The molecule has 0 fully saturated rings. The first-order valence-corrected chi connectivity index (χ1v) is 7.44. The topological polar surface area (TPSA) is 66.9 Å². The Balaban J connectivity index is 1.91. The van der Waals surface area contributed by atoms with Crippen molar-refractivity contribution in [2.75, 3.05) is 10.6 Å². The monoisotopic (exact) mass is 340 g/mol. The third-order valence-electron chi connectivity index (χ3n) is 2.25. The molecule has 1 aromatic heterocycles. The van der Waals surface area contributed by atoms with Gasteiger partial charge in [-0.2, -0.15) is 0 Å². The Labute approximate surface area is 123 Å². The third kappa shape index (κ3) is 4.29. The molecule has 1 heterocycles. The van der Waals surface area contributed by atoms with Crippen molar-refractivity contribution in [2.24, 2.45) is 0 Å². The molecular weight excluding hydrogens is 328 g/mol. The molecule has 0 aliphatic heterocycles. The first-order valence-electron chi connectivity index (χ1n) is 5.83. The van der Waals surface area contributed by atoms with Crippen LogP contribution in [-0.2, 0) is 6.42 Å². The number of aryl methyl sites for hydroxylation is 1. The molecule has 0 spiro atoms. The minimum absolute atomic E-state index is 0.318. The van der Waals surface area contributed by atoms with E-state index in [0.717, 1.165) is 28.0 Å². The second-order valence-corrected chi connectivity index (χ2v) is 5.81. The van der Waals surface area contributed by atoms with Crippen LogP contribution in [0.15, 0.2) is 28.7 Å². The summed E-state index contributed by atoms with van der Waals surface area (Å²) in [5, 5.41) is 14.8. The molecule has 1 aromatic carbocycles. The number of urea groups is 1. The van der Waals surface area contributed by atoms with E-state index in [0.29, 0.717) is 5.13 Å². The third-order valence-corrected chi connectivity index (χ3v) is 3.68. The number of carbonyl (C=O) groups is 1. The molecule has 5 nitrogen and oxygen atoms in total. The number of benzene rings is 1. The quantitative estimate of drug-likeness (QED) is 0.886. The lowest BCUT2D eigenvalue weighted by Gasteiger charge is -2.04. The zero-order valence-corrected chi connectivity index (χ0v) is 12.7. The standard InChI is InChI=1S/C12H13BrN4OS/c1-2-3-10-16-17-12(19-10)15-11(18)14-9-6-4-8(13)5-7-9/h4-7H,2-3H2,1H3,(H2,14,15,17,18). The lowest BCUT2D eigenvalue weighted by molar-refractivity contribution is 0.262. The van der Waals surface area contributed by atoms with E-state index in [-0.39, 0.29) is 6.03 Å². The minimum Gasteiger partial charge on any atom is -0.308 e. The predicted molar refractivity (Wildman–Crippen MR) is 80.7 cm³/mol. The molecular formula is C12H13BrN4OS. The fourth-order valence-corrected chi connectivity index (χ4v) is 2.51. The van der Waals surface area contributed by atoms with Crippen molar-refractivity contribution in [2.45, 2.75) is 19.8 Å². The number of halogens is 1. The molecule has 0 bridgehead atoms. The fraction of sp³-hybridized carbons (Fsp3) is 0.250. The van der Waals surface area contributed by atoms with Crippen LogP contribution in [0.3, 0.4) is 0 Å². The van der Waals surface area contributed by atoms with Gasteiger partial charge in [-0.1, -0.05) is 34.2 Å². The molecule has 0 saturated carbocycles. The lowest BCUT2D eigenvalue weighted by atomic mass is 10.3. The van der Waals surface area contributed by atoms with Crippen molar-refractivity contribution in [3.63, 3.8) is 0 Å². The molecule has 19 heavy (non-hydrogen) atoms. The second-order valence-electron chi connectivity index (χ2n) is 3.84. The first-order chi connectivity index (χ1) is 9.17. The van der Waals surface area contributed by atoms with E-state index in [1.165, 1.54) is 11.3 Å². The van der Waals surface area contributed by atoms with Crippen molar-refractivity contribution in [1.82, 2.24) is 10.2 Å². The number of amides is 2. The summed E-state index contributed by atoms with van der Waals surface area (Å²) in [4.78, 5) is 11.7. The van der Waals surface area contributed by atoms with E-state index < -0.39 is 0 Å². The van der Waals surface area contributed by atoms with E-state index >= 15 is 0 Å². The largest absolute Gasteiger partial charge is 0.325 e. The highest BCUT2D eigenvalue weighted by molar-refractivity contribution is 9.10. The Hall–Kier alpha value is -1.47. The Morgan fingerprint density at radius 1 is 1.26 bits per heavy atom. The number of hydrogen-bond donors (Lipinski definition) is 2. The summed E-state index contributed by atoms with van der Waals surface area (Å²) in [6.07, 6.45) is 1.90. The summed E-state index contributed by atoms with van der Waals surface area (Å²) in [5.74, 6) is 0. The molecule has 7 heteroatoms. The summed E-state index contributed by atoms with van der Waals surface area (Å²) >= 11 is 4.74. The van der Waals surface area contributed by atoms with Crippen molar-refractivity contribution in [1.29, 1.82) is 0 Å². The molecule has 100 valence electrons. The van der Waals surface area contributed by atoms with Crippen molar-refractivity contribution in [3.05, 3.63) is 33.7 Å². The molecule has 0 radical (unpaired) electrons. The Bertz CT molecular complexity index is 555. The number of anilines is 2. The average Bonchev–Trinajstić information content (AvgIpc) is 2.80. The van der Waals surface area contributed by atoms with Crippen LogP contribution >= 0.6 is 27.3 Å². The highest BCUT2D eigenvalue weighted by Crippen LogP contribution is 2.17. The van der Waals surface area contributed by atoms with Crippen LogP contribution in [0.1, 0.15) is 18.4 Å². The zero-order chi connectivity index (χ0) is 13.7. The van der Waals surface area contributed by atoms with Crippen LogP contribution in [0.5, 0.6) is 0 Å². The van der Waals surface area contributed by atoms with Gasteiger partial charge in [-0.3, -0.25) is 5.32 Å². The van der Waals surface area contributed by atoms with Gasteiger partial charge in [-0.25, -0.2) is 4.79 Å². The van der Waals surface area contributed by atoms with Gasteiger partial charge in [0.25, 0.3) is 0 Å². The van der Waals surface area contributed by atoms with Crippen molar-refractivity contribution in [3.8, 4) is 0 Å². The number of aromatic nitrogens is 2. The van der Waals surface area contributed by atoms with Gasteiger partial charge in [0.15, 0.2) is 0 Å². The summed E-state index contributed by atoms with van der Waals surface area (Å²) in [6, 6.07) is 7.03. The fourth-order valence-electron chi connectivity index (χ4n) is 1.41. The first kappa shape index (κ1) is 14.0. The Morgan fingerprint density at radius 3 is 2.68 bits per heavy atom. The predicted octanol–water partition coefficient (Wildman–Crippen LogP) is 3.90. The highest BCUT2D eigenvalue weighted by Gasteiger charge is 2.07. The molecule has 2 N–H and O–H groups in total. The number of nitrogens with one attached hydrogen (secondary N) is 2. The van der Waals surface area contributed by atoms with Gasteiger partial charge in [0, 0.05) is 16.6 Å². The van der Waals surface area contributed by atoms with Gasteiger partial charge in [0.2, 0.25) is 5.13 Å². The van der Waals surface area contributed by atoms with Gasteiger partial charge in [-0.05, 0) is 30.7 Å². The van der Waals surface area contributed by atoms with Crippen LogP contribution in [0.2, 0.25) is 0 Å². The van der Waals surface area contributed by atoms with Crippen molar-refractivity contribution < 1.29 is 4.79 Å². The van der Waals surface area contributed by atoms with E-state index in [1.807, 2.05) is 24.3 Å². The summed E-state index contributed by atoms with van der Waals surface area (Å²) in [7, 11) is 0. The zero-order valence-electron chi connectivity index (χ0n) is 10.3. The molecule has 0 aliphatic rings. The number of hydrogen-bond acceptors (Lipinski definition) is 4. The molecule has 2 rings (SSSR count). The Morgan fingerprint density at radius 2 is 2.00 bits per heavy atom. The summed E-state index contributed by atoms with van der Waals surface area (Å²) in [5.41, 5.74) is 0.721. The van der Waals surface area contributed by atoms with Crippen LogP contribution in [0.25, 0.3) is 0 Å². The smallest absolute Gasteiger partial charge is 0.308 e. The van der Waals surface area contributed by atoms with Gasteiger partial charge in [0.1, 0.15) is 5.01 Å². The maximum absolute atomic E-state index is 11.7. The minimum atomic E-state index is -0.318. The molecule has 0 saturated heterocycles. The van der Waals surface area contributed by atoms with Crippen LogP contribution in [0, 0.1) is 0 Å². The Kier molecular flexibility index (Phi) is 4.86. The number of nitrogens with zero attached hydrogens (tertiary/aromatic N) is 2. The van der Waals surface area contributed by atoms with Gasteiger partial charge < -0.3 is 5.32 Å². The van der Waals surface area contributed by atoms with E-state index in [2.05, 4.69) is 43.7 Å². The van der Waals surface area contributed by atoms with Gasteiger partial charge >= 0.3 is 6.03 Å². The molecule has 0 unspecified atom stereocenters. The summed E-state index contributed by atoms with van der Waals surface area (Å²) in [6.45, 7) is 2.08. The lowest BCUT2D eigenvalue weighted by Crippen LogP contribution is -2.19. The maximum atomic E-state index is 11.7. The normalized spacial score (nSPS) is 10.2. The summed E-state index contributed by atoms with van der Waals surface area (Å²) < 4.78 is 0.965. The van der Waals surface area contributed by atoms with Crippen LogP contribution in [-0.4, -0.2) is 16.2 Å². The second kappa shape index (κ2) is 6.63. The average molecular weight is 341 g/mol. The number of carbonyl (C=O) groups excluding carboxylic acids is 1. The van der Waals surface area contributed by atoms with Crippen molar-refractivity contribution >= 4 is 44.1 Å². The maximum Gasteiger partial charge on any atom is 0.325 e. The highest BCUT2D eigenvalue weighted by atomic mass is 79.9. The number of rotatable bonds is 4. The van der Waals surface area contributed by atoms with E-state index in [9.17, 15) is 4.79 Å². The van der Waals surface area contributed by atoms with Crippen LogP contribution in [0.4, 0.5) is 15.6 Å².